The van der Waals surface area contributed by atoms with Gasteiger partial charge in [0.05, 0.1) is 6.54 Å². The van der Waals surface area contributed by atoms with Crippen LogP contribution in [0.25, 0.3) is 11.3 Å². The largest absolute Gasteiger partial charge is 0.487 e. The number of rotatable bonds is 5. The summed E-state index contributed by atoms with van der Waals surface area (Å²) in [6, 6.07) is 8.56. The first-order valence-electron chi connectivity index (χ1n) is 8.96. The molecule has 3 aromatic rings. The Morgan fingerprint density at radius 1 is 1.14 bits per heavy atom. The summed E-state index contributed by atoms with van der Waals surface area (Å²) in [4.78, 5) is 6.00. The molecular weight excluding hydrogens is 368 g/mol. The minimum absolute atomic E-state index is 0.0761. The van der Waals surface area contributed by atoms with Crippen molar-refractivity contribution in [1.29, 1.82) is 0 Å². The van der Waals surface area contributed by atoms with Crippen LogP contribution in [0.3, 0.4) is 0 Å². The third-order valence-corrected chi connectivity index (χ3v) is 4.64. The summed E-state index contributed by atoms with van der Waals surface area (Å²) < 4.78 is 37.6. The van der Waals surface area contributed by atoms with Gasteiger partial charge in [0.25, 0.3) is 0 Å². The summed E-state index contributed by atoms with van der Waals surface area (Å²) in [6.45, 7) is 1.50. The highest BCUT2D eigenvalue weighted by Crippen LogP contribution is 2.24. The maximum absolute atomic E-state index is 13.3. The number of β-amino-alcohol motifs (C(OH)–C–C–N with tert-alkyl or cyclic N) is 1. The predicted molar refractivity (Wildman–Crippen MR) is 96.4 cm³/mol. The number of aliphatic hydroxyl groups is 1. The highest BCUT2D eigenvalue weighted by molar-refractivity contribution is 5.57. The lowest BCUT2D eigenvalue weighted by molar-refractivity contribution is -0.0294. The van der Waals surface area contributed by atoms with E-state index in [0.717, 1.165) is 29.5 Å². The second-order valence-electron chi connectivity index (χ2n) is 6.77. The fourth-order valence-electron chi connectivity index (χ4n) is 3.29. The highest BCUT2D eigenvalue weighted by atomic mass is 19.1. The Morgan fingerprint density at radius 3 is 2.61 bits per heavy atom. The Labute approximate surface area is 160 Å². The lowest BCUT2D eigenvalue weighted by Gasteiger charge is -2.35. The maximum atomic E-state index is 13.3. The Bertz CT molecular complexity index is 915. The topological polar surface area (TPSA) is 71.6 Å². The van der Waals surface area contributed by atoms with E-state index in [1.807, 2.05) is 23.1 Å². The number of hydrogen-bond donors (Lipinski definition) is 1. The van der Waals surface area contributed by atoms with E-state index in [1.165, 1.54) is 0 Å². The molecule has 0 unspecified atom stereocenters. The van der Waals surface area contributed by atoms with Crippen LogP contribution in [0.2, 0.25) is 0 Å². The first-order chi connectivity index (χ1) is 13.6. The fraction of sp³-hybridized carbons (Fsp3) is 0.300. The number of likely N-dealkylation sites (tertiary alicyclic amines) is 1. The molecule has 1 fully saturated rings. The molecule has 1 saturated heterocycles. The van der Waals surface area contributed by atoms with Gasteiger partial charge in [-0.15, -0.1) is 0 Å². The van der Waals surface area contributed by atoms with Gasteiger partial charge in [0.15, 0.2) is 5.76 Å². The molecular formula is C20H19F2N3O3. The second-order valence-corrected chi connectivity index (χ2v) is 6.77. The molecule has 6 nitrogen and oxygen atoms in total. The molecule has 1 aliphatic heterocycles. The van der Waals surface area contributed by atoms with Gasteiger partial charge in [-0.05, 0) is 18.6 Å². The van der Waals surface area contributed by atoms with Gasteiger partial charge >= 0.3 is 0 Å². The number of ether oxygens (including phenoxy) is 1. The maximum Gasteiger partial charge on any atom is 0.151 e. The molecule has 0 radical (unpaired) electrons. The number of nitrogens with zero attached hydrogens (tertiary/aromatic N) is 3. The van der Waals surface area contributed by atoms with Crippen LogP contribution in [0.1, 0.15) is 12.2 Å². The van der Waals surface area contributed by atoms with Gasteiger partial charge in [0.1, 0.15) is 35.3 Å². The summed E-state index contributed by atoms with van der Waals surface area (Å²) in [5, 5.41) is 14.5. The lowest BCUT2D eigenvalue weighted by Crippen LogP contribution is -2.48. The van der Waals surface area contributed by atoms with Gasteiger partial charge in [-0.1, -0.05) is 5.16 Å². The lowest BCUT2D eigenvalue weighted by atomic mass is 10.0. The van der Waals surface area contributed by atoms with Gasteiger partial charge in [-0.2, -0.15) is 0 Å². The van der Waals surface area contributed by atoms with Crippen molar-refractivity contribution in [1.82, 2.24) is 15.0 Å². The van der Waals surface area contributed by atoms with E-state index < -0.39 is 23.8 Å². The zero-order valence-corrected chi connectivity index (χ0v) is 15.0. The summed E-state index contributed by atoms with van der Waals surface area (Å²) in [6.07, 6.45) is 2.58. The average Bonchev–Trinajstić information content (AvgIpc) is 3.12. The molecule has 0 aliphatic carbocycles. The first-order valence-corrected chi connectivity index (χ1v) is 8.96. The van der Waals surface area contributed by atoms with E-state index in [0.29, 0.717) is 31.8 Å². The molecule has 1 aromatic carbocycles. The van der Waals surface area contributed by atoms with Crippen molar-refractivity contribution in [2.45, 2.75) is 25.2 Å². The number of aromatic nitrogens is 2. The Balaban J connectivity index is 1.35. The standard InChI is InChI=1S/C20H19F2N3O3/c21-14-7-15(22)9-16(8-14)27-20-3-6-25(12-19(20)26)11-17-10-18(24-28-17)13-1-4-23-5-2-13/h1-2,4-5,7-10,19-20,26H,3,6,11-12H2/t19-,20-/m1/s1. The molecule has 1 aliphatic rings. The van der Waals surface area contributed by atoms with Gasteiger partial charge < -0.3 is 14.4 Å². The molecule has 1 N–H and O–H groups in total. The second kappa shape index (κ2) is 8.04. The minimum Gasteiger partial charge on any atom is -0.487 e. The van der Waals surface area contributed by atoms with Crippen molar-refractivity contribution in [2.24, 2.45) is 0 Å². The van der Waals surface area contributed by atoms with Crippen LogP contribution in [0.15, 0.2) is 53.3 Å². The van der Waals surface area contributed by atoms with E-state index in [2.05, 4.69) is 10.1 Å². The average molecular weight is 387 g/mol. The molecule has 2 atom stereocenters. The molecule has 0 amide bonds. The SMILES string of the molecule is O[C@@H]1CN(Cc2cc(-c3ccncc3)no2)CC[C@H]1Oc1cc(F)cc(F)c1. The number of hydrogen-bond acceptors (Lipinski definition) is 6. The fourth-order valence-corrected chi connectivity index (χ4v) is 3.29. The number of aliphatic hydroxyl groups excluding tert-OH is 1. The van der Waals surface area contributed by atoms with Crippen molar-refractivity contribution in [3.8, 4) is 17.0 Å². The molecule has 0 bridgehead atoms. The third kappa shape index (κ3) is 4.35. The van der Waals surface area contributed by atoms with Gasteiger partial charge in [-0.25, -0.2) is 8.78 Å². The van der Waals surface area contributed by atoms with Crippen molar-refractivity contribution in [3.05, 3.63) is 66.2 Å². The third-order valence-electron chi connectivity index (χ3n) is 4.64. The van der Waals surface area contributed by atoms with Crippen LogP contribution in [-0.4, -0.2) is 45.4 Å². The summed E-state index contributed by atoms with van der Waals surface area (Å²) in [7, 11) is 0. The monoisotopic (exact) mass is 387 g/mol. The van der Waals surface area contributed by atoms with Crippen LogP contribution in [-0.2, 0) is 6.54 Å². The van der Waals surface area contributed by atoms with E-state index >= 15 is 0 Å². The molecule has 8 heteroatoms. The summed E-state index contributed by atoms with van der Waals surface area (Å²) in [5.74, 6) is -0.660. The Morgan fingerprint density at radius 2 is 1.89 bits per heavy atom. The van der Waals surface area contributed by atoms with Crippen molar-refractivity contribution >= 4 is 0 Å². The molecule has 146 valence electrons. The zero-order chi connectivity index (χ0) is 19.5. The van der Waals surface area contributed by atoms with E-state index in [4.69, 9.17) is 9.26 Å². The van der Waals surface area contributed by atoms with E-state index in [9.17, 15) is 13.9 Å². The quantitative estimate of drug-likeness (QED) is 0.726. The predicted octanol–water partition coefficient (Wildman–Crippen LogP) is 3.03. The van der Waals surface area contributed by atoms with Gasteiger partial charge in [0.2, 0.25) is 0 Å². The molecule has 0 saturated carbocycles. The number of pyridine rings is 1. The Kier molecular flexibility index (Phi) is 5.31. The van der Waals surface area contributed by atoms with Crippen molar-refractivity contribution in [3.63, 3.8) is 0 Å². The van der Waals surface area contributed by atoms with E-state index in [-0.39, 0.29) is 5.75 Å². The number of halogens is 2. The van der Waals surface area contributed by atoms with E-state index in [1.54, 1.807) is 12.4 Å². The van der Waals surface area contributed by atoms with Crippen LogP contribution < -0.4 is 4.74 Å². The van der Waals surface area contributed by atoms with Crippen molar-refractivity contribution in [2.75, 3.05) is 13.1 Å². The highest BCUT2D eigenvalue weighted by Gasteiger charge is 2.30. The van der Waals surface area contributed by atoms with Crippen LogP contribution >= 0.6 is 0 Å². The summed E-state index contributed by atoms with van der Waals surface area (Å²) in [5.41, 5.74) is 1.64. The zero-order valence-electron chi connectivity index (χ0n) is 15.0. The van der Waals surface area contributed by atoms with Crippen LogP contribution in [0.5, 0.6) is 5.75 Å². The molecule has 0 spiro atoms. The van der Waals surface area contributed by atoms with Crippen LogP contribution in [0.4, 0.5) is 8.78 Å². The Hall–Kier alpha value is -2.84. The molecule has 28 heavy (non-hydrogen) atoms. The first kappa shape index (κ1) is 18.5. The minimum atomic E-state index is -0.789. The van der Waals surface area contributed by atoms with Crippen LogP contribution in [0, 0.1) is 11.6 Å². The number of benzene rings is 1. The van der Waals surface area contributed by atoms with Gasteiger partial charge in [-0.3, -0.25) is 9.88 Å². The smallest absolute Gasteiger partial charge is 0.151 e. The molecule has 2 aromatic heterocycles. The molecule has 3 heterocycles. The summed E-state index contributed by atoms with van der Waals surface area (Å²) >= 11 is 0. The van der Waals surface area contributed by atoms with Crippen molar-refractivity contribution < 1.29 is 23.1 Å². The molecule has 4 rings (SSSR count). The number of piperidine rings is 1. The normalized spacial score (nSPS) is 20.2. The van der Waals surface area contributed by atoms with Gasteiger partial charge in [0, 0.05) is 55.3 Å².